The van der Waals surface area contributed by atoms with Crippen molar-refractivity contribution in [3.05, 3.63) is 29.3 Å². The van der Waals surface area contributed by atoms with Gasteiger partial charge in [-0.2, -0.15) is 0 Å². The van der Waals surface area contributed by atoms with Gasteiger partial charge in [-0.3, -0.25) is 14.4 Å². The van der Waals surface area contributed by atoms with Crippen LogP contribution in [-0.4, -0.2) is 36.5 Å². The minimum Gasteiger partial charge on any atom is -0.481 e. The van der Waals surface area contributed by atoms with Crippen LogP contribution in [0.1, 0.15) is 35.2 Å². The number of amides is 2. The van der Waals surface area contributed by atoms with Crippen molar-refractivity contribution in [2.45, 2.75) is 25.7 Å². The van der Waals surface area contributed by atoms with Crippen molar-refractivity contribution >= 4 is 23.5 Å². The molecule has 0 aliphatic carbocycles. The van der Waals surface area contributed by atoms with Crippen molar-refractivity contribution in [2.75, 3.05) is 18.5 Å². The molecule has 6 nitrogen and oxygen atoms in total. The monoisotopic (exact) mass is 290 g/mol. The molecule has 0 bridgehead atoms. The van der Waals surface area contributed by atoms with Gasteiger partial charge < -0.3 is 15.3 Å². The summed E-state index contributed by atoms with van der Waals surface area (Å²) in [6, 6.07) is 5.25. The Morgan fingerprint density at radius 3 is 2.81 bits per heavy atom. The number of hydrogen-bond donors (Lipinski definition) is 2. The molecule has 0 unspecified atom stereocenters. The summed E-state index contributed by atoms with van der Waals surface area (Å²) in [6.07, 6.45) is 1.53. The van der Waals surface area contributed by atoms with E-state index in [-0.39, 0.29) is 18.2 Å². The van der Waals surface area contributed by atoms with E-state index in [2.05, 4.69) is 5.32 Å². The number of hydrogen-bond acceptors (Lipinski definition) is 3. The van der Waals surface area contributed by atoms with Crippen LogP contribution in [0.25, 0.3) is 0 Å². The maximum absolute atomic E-state index is 12.0. The second-order valence-corrected chi connectivity index (χ2v) is 5.05. The van der Waals surface area contributed by atoms with Crippen LogP contribution < -0.4 is 10.2 Å². The zero-order valence-electron chi connectivity index (χ0n) is 11.9. The number of carboxylic acid groups (broad SMARTS) is 1. The van der Waals surface area contributed by atoms with Crippen LogP contribution in [0.2, 0.25) is 0 Å². The highest BCUT2D eigenvalue weighted by atomic mass is 16.4. The molecule has 2 N–H and O–H groups in total. The van der Waals surface area contributed by atoms with E-state index < -0.39 is 5.97 Å². The van der Waals surface area contributed by atoms with Gasteiger partial charge in [-0.15, -0.1) is 0 Å². The standard InChI is InChI=1S/C15H18N2O4/c1-17-12-6-4-11(9-10(12)5-7-13(17)18)15(21)16-8-2-3-14(19)20/h4,6,9H,2-3,5,7-8H2,1H3,(H,16,21)(H,19,20). The van der Waals surface area contributed by atoms with Gasteiger partial charge >= 0.3 is 5.97 Å². The summed E-state index contributed by atoms with van der Waals surface area (Å²) in [5.41, 5.74) is 2.36. The van der Waals surface area contributed by atoms with Crippen molar-refractivity contribution < 1.29 is 19.5 Å². The Morgan fingerprint density at radius 1 is 1.33 bits per heavy atom. The molecule has 21 heavy (non-hydrogen) atoms. The third kappa shape index (κ3) is 3.59. The first-order valence-electron chi connectivity index (χ1n) is 6.88. The fraction of sp³-hybridized carbons (Fsp3) is 0.400. The molecule has 2 amide bonds. The number of nitrogens with one attached hydrogen (secondary N) is 1. The van der Waals surface area contributed by atoms with E-state index in [9.17, 15) is 14.4 Å². The molecule has 0 fully saturated rings. The number of benzene rings is 1. The summed E-state index contributed by atoms with van der Waals surface area (Å²) in [6.45, 7) is 0.334. The lowest BCUT2D eigenvalue weighted by molar-refractivity contribution is -0.137. The maximum atomic E-state index is 12.0. The Bertz CT molecular complexity index is 583. The van der Waals surface area contributed by atoms with Gasteiger partial charge in [0.05, 0.1) is 0 Å². The lowest BCUT2D eigenvalue weighted by atomic mass is 9.99. The molecule has 2 rings (SSSR count). The molecule has 1 aliphatic heterocycles. The summed E-state index contributed by atoms with van der Waals surface area (Å²) >= 11 is 0. The second-order valence-electron chi connectivity index (χ2n) is 5.05. The molecule has 0 atom stereocenters. The fourth-order valence-electron chi connectivity index (χ4n) is 2.34. The van der Waals surface area contributed by atoms with Crippen molar-refractivity contribution in [3.63, 3.8) is 0 Å². The fourth-order valence-corrected chi connectivity index (χ4v) is 2.34. The van der Waals surface area contributed by atoms with Crippen LogP contribution in [0.4, 0.5) is 5.69 Å². The predicted octanol–water partition coefficient (Wildman–Crippen LogP) is 1.19. The first-order valence-corrected chi connectivity index (χ1v) is 6.88. The highest BCUT2D eigenvalue weighted by molar-refractivity contribution is 5.98. The highest BCUT2D eigenvalue weighted by Gasteiger charge is 2.21. The number of fused-ring (bicyclic) bond motifs is 1. The summed E-state index contributed by atoms with van der Waals surface area (Å²) in [7, 11) is 1.73. The molecule has 0 spiro atoms. The van der Waals surface area contributed by atoms with Gasteiger partial charge in [-0.25, -0.2) is 0 Å². The van der Waals surface area contributed by atoms with E-state index in [1.807, 2.05) is 0 Å². The molecule has 0 saturated carbocycles. The van der Waals surface area contributed by atoms with Crippen LogP contribution in [0.15, 0.2) is 18.2 Å². The van der Waals surface area contributed by atoms with Gasteiger partial charge in [-0.1, -0.05) is 0 Å². The van der Waals surface area contributed by atoms with Crippen LogP contribution in [0, 0.1) is 0 Å². The Hall–Kier alpha value is -2.37. The van der Waals surface area contributed by atoms with Gasteiger partial charge in [0, 0.05) is 37.7 Å². The average Bonchev–Trinajstić information content (AvgIpc) is 2.46. The lowest BCUT2D eigenvalue weighted by Gasteiger charge is -2.26. The normalized spacial score (nSPS) is 13.8. The number of carbonyl (C=O) groups excluding carboxylic acids is 2. The molecule has 0 saturated heterocycles. The zero-order valence-corrected chi connectivity index (χ0v) is 11.9. The van der Waals surface area contributed by atoms with Gasteiger partial charge in [0.2, 0.25) is 5.91 Å². The lowest BCUT2D eigenvalue weighted by Crippen LogP contribution is -2.31. The minimum absolute atomic E-state index is 0.0391. The molecule has 0 aromatic heterocycles. The first-order chi connectivity index (χ1) is 9.99. The molecule has 1 aromatic rings. The van der Waals surface area contributed by atoms with Crippen LogP contribution in [0.5, 0.6) is 0 Å². The molecule has 1 aliphatic rings. The zero-order chi connectivity index (χ0) is 15.4. The Labute approximate surface area is 122 Å². The van der Waals surface area contributed by atoms with Crippen molar-refractivity contribution in [1.29, 1.82) is 0 Å². The molecule has 1 aromatic carbocycles. The average molecular weight is 290 g/mol. The van der Waals surface area contributed by atoms with E-state index in [0.717, 1.165) is 11.3 Å². The van der Waals surface area contributed by atoms with Crippen molar-refractivity contribution in [2.24, 2.45) is 0 Å². The molecular formula is C15H18N2O4. The van der Waals surface area contributed by atoms with E-state index in [4.69, 9.17) is 5.11 Å². The number of aliphatic carboxylic acids is 1. The summed E-state index contributed by atoms with van der Waals surface area (Å²) < 4.78 is 0. The van der Waals surface area contributed by atoms with E-state index in [1.165, 1.54) is 0 Å². The van der Waals surface area contributed by atoms with Crippen LogP contribution in [0.3, 0.4) is 0 Å². The molecule has 0 radical (unpaired) electrons. The number of nitrogens with zero attached hydrogens (tertiary/aromatic N) is 1. The van der Waals surface area contributed by atoms with Crippen LogP contribution >= 0.6 is 0 Å². The number of rotatable bonds is 5. The Kier molecular flexibility index (Phi) is 4.57. The first kappa shape index (κ1) is 15.0. The van der Waals surface area contributed by atoms with E-state index in [1.54, 1.807) is 30.1 Å². The van der Waals surface area contributed by atoms with Gasteiger partial charge in [0.1, 0.15) is 0 Å². The number of aryl methyl sites for hydroxylation is 1. The maximum Gasteiger partial charge on any atom is 0.303 e. The summed E-state index contributed by atoms with van der Waals surface area (Å²) in [5, 5.41) is 11.2. The predicted molar refractivity (Wildman–Crippen MR) is 77.4 cm³/mol. The molecule has 6 heteroatoms. The topological polar surface area (TPSA) is 86.7 Å². The molecule has 1 heterocycles. The van der Waals surface area contributed by atoms with E-state index in [0.29, 0.717) is 31.4 Å². The molecule has 112 valence electrons. The van der Waals surface area contributed by atoms with Crippen LogP contribution in [-0.2, 0) is 16.0 Å². The minimum atomic E-state index is -0.870. The van der Waals surface area contributed by atoms with Gasteiger partial charge in [0.15, 0.2) is 0 Å². The Morgan fingerprint density at radius 2 is 2.10 bits per heavy atom. The molecular weight excluding hydrogens is 272 g/mol. The van der Waals surface area contributed by atoms with Crippen molar-refractivity contribution in [3.8, 4) is 0 Å². The smallest absolute Gasteiger partial charge is 0.303 e. The second kappa shape index (κ2) is 6.39. The van der Waals surface area contributed by atoms with Gasteiger partial charge in [0.25, 0.3) is 5.91 Å². The largest absolute Gasteiger partial charge is 0.481 e. The Balaban J connectivity index is 2.00. The third-order valence-corrected chi connectivity index (χ3v) is 3.54. The van der Waals surface area contributed by atoms with Gasteiger partial charge in [-0.05, 0) is 36.6 Å². The number of carbonyl (C=O) groups is 3. The third-order valence-electron chi connectivity index (χ3n) is 3.54. The SMILES string of the molecule is CN1C(=O)CCc2cc(C(=O)NCCCC(=O)O)ccc21. The summed E-state index contributed by atoms with van der Waals surface area (Å²) in [5.74, 6) is -1.01. The quantitative estimate of drug-likeness (QED) is 0.797. The van der Waals surface area contributed by atoms with Crippen molar-refractivity contribution in [1.82, 2.24) is 5.32 Å². The number of carboxylic acids is 1. The number of anilines is 1. The van der Waals surface area contributed by atoms with E-state index >= 15 is 0 Å². The highest BCUT2D eigenvalue weighted by Crippen LogP contribution is 2.27. The summed E-state index contributed by atoms with van der Waals surface area (Å²) in [4.78, 5) is 35.6.